The Balaban J connectivity index is 2.99. The van der Waals surface area contributed by atoms with Gasteiger partial charge in [-0.2, -0.15) is 0 Å². The topological polar surface area (TPSA) is 50.2 Å². The number of pyridine rings is 1. The molecule has 0 aliphatic rings. The molecule has 3 nitrogen and oxygen atoms in total. The van der Waals surface area contributed by atoms with Gasteiger partial charge in [0, 0.05) is 15.6 Å². The first-order valence-electron chi connectivity index (χ1n) is 6.16. The molecule has 1 heterocycles. The summed E-state index contributed by atoms with van der Waals surface area (Å²) >= 11 is 3.48. The summed E-state index contributed by atoms with van der Waals surface area (Å²) in [4.78, 5) is 16.2. The van der Waals surface area contributed by atoms with Gasteiger partial charge in [0.1, 0.15) is 0 Å². The van der Waals surface area contributed by atoms with Crippen molar-refractivity contribution >= 4 is 32.8 Å². The third-order valence-corrected chi connectivity index (χ3v) is 4.13. The summed E-state index contributed by atoms with van der Waals surface area (Å²) in [7, 11) is 0. The summed E-state index contributed by atoms with van der Waals surface area (Å²) in [6.07, 6.45) is 0. The zero-order chi connectivity index (χ0) is 14.3. The van der Waals surface area contributed by atoms with Crippen LogP contribution in [0.2, 0.25) is 0 Å². The van der Waals surface area contributed by atoms with E-state index >= 15 is 0 Å². The fourth-order valence-electron chi connectivity index (χ4n) is 2.18. The number of carboxylic acid groups (broad SMARTS) is 1. The largest absolute Gasteiger partial charge is 0.478 e. The molecule has 0 spiro atoms. The second-order valence-corrected chi connectivity index (χ2v) is 5.93. The molecule has 2 aromatic rings. The molecule has 1 N–H and O–H groups in total. The van der Waals surface area contributed by atoms with E-state index in [-0.39, 0.29) is 5.92 Å². The van der Waals surface area contributed by atoms with Crippen LogP contribution in [0.4, 0.5) is 0 Å². The summed E-state index contributed by atoms with van der Waals surface area (Å²) in [6.45, 7) is 7.89. The number of aromatic nitrogens is 1. The van der Waals surface area contributed by atoms with Crippen LogP contribution >= 0.6 is 15.9 Å². The van der Waals surface area contributed by atoms with Gasteiger partial charge in [0.2, 0.25) is 0 Å². The Labute approximate surface area is 120 Å². The number of benzene rings is 1. The molecule has 0 atom stereocenters. The Kier molecular flexibility index (Phi) is 3.63. The van der Waals surface area contributed by atoms with Crippen molar-refractivity contribution < 1.29 is 9.90 Å². The van der Waals surface area contributed by atoms with E-state index in [2.05, 4.69) is 20.9 Å². The molecule has 0 aliphatic carbocycles. The van der Waals surface area contributed by atoms with Crippen molar-refractivity contribution in [3.63, 3.8) is 0 Å². The molecule has 100 valence electrons. The second-order valence-electron chi connectivity index (χ2n) is 5.08. The average Bonchev–Trinajstić information content (AvgIpc) is 2.34. The number of carbonyl (C=O) groups is 1. The number of hydrogen-bond acceptors (Lipinski definition) is 2. The lowest BCUT2D eigenvalue weighted by Crippen LogP contribution is -2.05. The zero-order valence-corrected chi connectivity index (χ0v) is 13.0. The first-order chi connectivity index (χ1) is 8.82. The molecule has 0 saturated carbocycles. The second kappa shape index (κ2) is 4.93. The van der Waals surface area contributed by atoms with Crippen LogP contribution < -0.4 is 0 Å². The van der Waals surface area contributed by atoms with E-state index in [0.717, 1.165) is 32.2 Å². The maximum atomic E-state index is 11.5. The molecule has 2 rings (SSSR count). The van der Waals surface area contributed by atoms with Crippen LogP contribution in [0.5, 0.6) is 0 Å². The molecule has 0 aliphatic heterocycles. The first-order valence-corrected chi connectivity index (χ1v) is 6.96. The fraction of sp³-hybridized carbons (Fsp3) is 0.333. The number of fused-ring (bicyclic) bond motifs is 1. The molecule has 1 aromatic heterocycles. The molecule has 1 aromatic carbocycles. The highest BCUT2D eigenvalue weighted by Crippen LogP contribution is 2.32. The van der Waals surface area contributed by atoms with Crippen molar-refractivity contribution in [2.75, 3.05) is 0 Å². The summed E-state index contributed by atoms with van der Waals surface area (Å²) in [5, 5.41) is 10.2. The quantitative estimate of drug-likeness (QED) is 0.889. The minimum Gasteiger partial charge on any atom is -0.478 e. The maximum Gasteiger partial charge on any atom is 0.336 e. The van der Waals surface area contributed by atoms with Crippen molar-refractivity contribution in [3.05, 3.63) is 39.0 Å². The standard InChI is InChI=1S/C15H16BrNO2/c1-7(2)12-6-10(15(18)19)13-9(4)11(16)5-8(3)14(13)17-12/h5-7H,1-4H3,(H,18,19). The maximum absolute atomic E-state index is 11.5. The molecule has 0 radical (unpaired) electrons. The van der Waals surface area contributed by atoms with Gasteiger partial charge in [-0.15, -0.1) is 0 Å². The van der Waals surface area contributed by atoms with E-state index in [9.17, 15) is 9.90 Å². The smallest absolute Gasteiger partial charge is 0.336 e. The summed E-state index contributed by atoms with van der Waals surface area (Å²) in [5.41, 5.74) is 3.83. The van der Waals surface area contributed by atoms with Gasteiger partial charge in [0.05, 0.1) is 11.1 Å². The van der Waals surface area contributed by atoms with Crippen LogP contribution in [0.3, 0.4) is 0 Å². The first kappa shape index (κ1) is 14.0. The van der Waals surface area contributed by atoms with Crippen LogP contribution in [0.1, 0.15) is 46.9 Å². The van der Waals surface area contributed by atoms with Gasteiger partial charge in [-0.25, -0.2) is 4.79 Å². The number of nitrogens with zero attached hydrogens (tertiary/aromatic N) is 1. The Morgan fingerprint density at radius 2 is 1.95 bits per heavy atom. The average molecular weight is 322 g/mol. The van der Waals surface area contributed by atoms with Crippen LogP contribution in [0.25, 0.3) is 10.9 Å². The third-order valence-electron chi connectivity index (χ3n) is 3.31. The lowest BCUT2D eigenvalue weighted by atomic mass is 9.97. The molecular weight excluding hydrogens is 306 g/mol. The molecular formula is C15H16BrNO2. The van der Waals surface area contributed by atoms with Gasteiger partial charge in [-0.05, 0) is 43.0 Å². The Bertz CT molecular complexity index is 678. The van der Waals surface area contributed by atoms with Gasteiger partial charge in [0.25, 0.3) is 0 Å². The van der Waals surface area contributed by atoms with E-state index < -0.39 is 5.97 Å². The highest BCUT2D eigenvalue weighted by Gasteiger charge is 2.18. The van der Waals surface area contributed by atoms with Gasteiger partial charge in [-0.3, -0.25) is 4.98 Å². The third kappa shape index (κ3) is 2.37. The molecule has 4 heteroatoms. The Morgan fingerprint density at radius 3 is 2.47 bits per heavy atom. The molecule has 0 bridgehead atoms. The van der Waals surface area contributed by atoms with Crippen molar-refractivity contribution in [2.45, 2.75) is 33.6 Å². The van der Waals surface area contributed by atoms with Crippen molar-refractivity contribution in [2.24, 2.45) is 0 Å². The normalized spacial score (nSPS) is 11.3. The highest BCUT2D eigenvalue weighted by atomic mass is 79.9. The Morgan fingerprint density at radius 1 is 1.32 bits per heavy atom. The van der Waals surface area contributed by atoms with Gasteiger partial charge >= 0.3 is 5.97 Å². The van der Waals surface area contributed by atoms with E-state index in [1.54, 1.807) is 6.07 Å². The monoisotopic (exact) mass is 321 g/mol. The number of aromatic carboxylic acids is 1. The highest BCUT2D eigenvalue weighted by molar-refractivity contribution is 9.10. The lowest BCUT2D eigenvalue weighted by Gasteiger charge is -2.14. The zero-order valence-electron chi connectivity index (χ0n) is 11.4. The minimum absolute atomic E-state index is 0.200. The van der Waals surface area contributed by atoms with E-state index in [1.165, 1.54) is 0 Å². The molecule has 0 amide bonds. The van der Waals surface area contributed by atoms with Crippen LogP contribution in [-0.4, -0.2) is 16.1 Å². The SMILES string of the molecule is Cc1cc(Br)c(C)c2c(C(=O)O)cc(C(C)C)nc12. The molecule has 0 fully saturated rings. The molecule has 0 unspecified atom stereocenters. The van der Waals surface area contributed by atoms with Crippen LogP contribution in [0, 0.1) is 13.8 Å². The van der Waals surface area contributed by atoms with Gasteiger partial charge in [0.15, 0.2) is 0 Å². The number of rotatable bonds is 2. The van der Waals surface area contributed by atoms with Gasteiger partial charge < -0.3 is 5.11 Å². The summed E-state index contributed by atoms with van der Waals surface area (Å²) < 4.78 is 0.916. The number of hydrogen-bond donors (Lipinski definition) is 1. The van der Waals surface area contributed by atoms with Crippen molar-refractivity contribution in [1.29, 1.82) is 0 Å². The number of halogens is 1. The lowest BCUT2D eigenvalue weighted by molar-refractivity contribution is 0.0698. The molecule has 0 saturated heterocycles. The Hall–Kier alpha value is -1.42. The van der Waals surface area contributed by atoms with Gasteiger partial charge in [-0.1, -0.05) is 29.8 Å². The summed E-state index contributed by atoms with van der Waals surface area (Å²) in [6, 6.07) is 3.68. The van der Waals surface area contributed by atoms with E-state index in [0.29, 0.717) is 5.56 Å². The predicted octanol–water partition coefficient (Wildman–Crippen LogP) is 4.44. The van der Waals surface area contributed by atoms with E-state index in [1.807, 2.05) is 33.8 Å². The predicted molar refractivity (Wildman–Crippen MR) is 80.0 cm³/mol. The fourth-order valence-corrected chi connectivity index (χ4v) is 2.72. The summed E-state index contributed by atoms with van der Waals surface area (Å²) in [5.74, 6) is -0.708. The number of aryl methyl sites for hydroxylation is 2. The minimum atomic E-state index is -0.907. The van der Waals surface area contributed by atoms with Crippen LogP contribution in [-0.2, 0) is 0 Å². The van der Waals surface area contributed by atoms with Crippen molar-refractivity contribution in [3.8, 4) is 0 Å². The number of carboxylic acids is 1. The molecule has 19 heavy (non-hydrogen) atoms. The van der Waals surface area contributed by atoms with E-state index in [4.69, 9.17) is 0 Å². The van der Waals surface area contributed by atoms with Crippen molar-refractivity contribution in [1.82, 2.24) is 4.98 Å². The van der Waals surface area contributed by atoms with Crippen LogP contribution in [0.15, 0.2) is 16.6 Å².